The Morgan fingerprint density at radius 3 is 2.54 bits per heavy atom. The number of nitrogens with one attached hydrogen (secondary N) is 1. The second-order valence-electron chi connectivity index (χ2n) is 6.73. The quantitative estimate of drug-likeness (QED) is 0.790. The Morgan fingerprint density at radius 1 is 1.21 bits per heavy atom. The lowest BCUT2D eigenvalue weighted by Crippen LogP contribution is -2.24. The van der Waals surface area contributed by atoms with Gasteiger partial charge in [0.15, 0.2) is 0 Å². The maximum atomic E-state index is 12.8. The van der Waals surface area contributed by atoms with Crippen LogP contribution in [0, 0.1) is 13.8 Å². The van der Waals surface area contributed by atoms with Gasteiger partial charge in [0, 0.05) is 24.2 Å². The number of amides is 2. The first-order valence-electron chi connectivity index (χ1n) is 8.63. The molecule has 1 fully saturated rings. The molecule has 0 radical (unpaired) electrons. The average Bonchev–Trinajstić information content (AvgIpc) is 3.04. The number of hydrogen-bond acceptors (Lipinski definition) is 4. The van der Waals surface area contributed by atoms with E-state index in [4.69, 9.17) is 16.7 Å². The van der Waals surface area contributed by atoms with Crippen LogP contribution in [0.2, 0.25) is 5.02 Å². The number of sulfonamides is 1. The fourth-order valence-electron chi connectivity index (χ4n) is 3.08. The molecule has 28 heavy (non-hydrogen) atoms. The highest BCUT2D eigenvalue weighted by Crippen LogP contribution is 2.31. The summed E-state index contributed by atoms with van der Waals surface area (Å²) >= 11 is 6.22. The van der Waals surface area contributed by atoms with Gasteiger partial charge >= 0.3 is 0 Å². The largest absolute Gasteiger partial charge is 0.322 e. The normalized spacial score (nSPS) is 14.4. The third kappa shape index (κ3) is 4.04. The highest BCUT2D eigenvalue weighted by molar-refractivity contribution is 7.89. The number of benzene rings is 2. The zero-order valence-electron chi connectivity index (χ0n) is 15.5. The number of rotatable bonds is 4. The van der Waals surface area contributed by atoms with Crippen molar-refractivity contribution >= 4 is 44.8 Å². The van der Waals surface area contributed by atoms with Crippen LogP contribution < -0.4 is 15.4 Å². The standard InChI is InChI=1S/C19H20ClN3O4S/c1-11-8-14(28(21,26)27)10-16(12(11)2)22-19(25)13-5-6-15(20)17(9-13)23-7-3-4-18(23)24/h5-6,8-10H,3-4,7H2,1-2H3,(H,22,25)(H2,21,26,27). The van der Waals surface area contributed by atoms with Crippen molar-refractivity contribution in [3.8, 4) is 0 Å². The number of carbonyl (C=O) groups is 2. The fraction of sp³-hybridized carbons (Fsp3) is 0.263. The molecule has 1 heterocycles. The Bertz CT molecular complexity index is 1080. The van der Waals surface area contributed by atoms with Crippen LogP contribution in [0.5, 0.6) is 0 Å². The molecule has 148 valence electrons. The van der Waals surface area contributed by atoms with E-state index in [0.29, 0.717) is 40.5 Å². The summed E-state index contributed by atoms with van der Waals surface area (Å²) < 4.78 is 23.4. The molecule has 0 spiro atoms. The van der Waals surface area contributed by atoms with Crippen LogP contribution in [0.3, 0.4) is 0 Å². The molecule has 0 atom stereocenters. The maximum Gasteiger partial charge on any atom is 0.255 e. The fourth-order valence-corrected chi connectivity index (χ4v) is 3.92. The summed E-state index contributed by atoms with van der Waals surface area (Å²) in [5.74, 6) is -0.481. The van der Waals surface area contributed by atoms with Crippen molar-refractivity contribution in [3.63, 3.8) is 0 Å². The minimum atomic E-state index is -3.91. The lowest BCUT2D eigenvalue weighted by molar-refractivity contribution is -0.117. The second-order valence-corrected chi connectivity index (χ2v) is 8.70. The van der Waals surface area contributed by atoms with Crippen molar-refractivity contribution in [1.82, 2.24) is 0 Å². The van der Waals surface area contributed by atoms with E-state index in [1.54, 1.807) is 36.9 Å². The predicted molar refractivity (Wildman–Crippen MR) is 108 cm³/mol. The molecular formula is C19H20ClN3O4S. The molecule has 0 saturated carbocycles. The van der Waals surface area contributed by atoms with E-state index < -0.39 is 15.9 Å². The van der Waals surface area contributed by atoms with Gasteiger partial charge in [-0.2, -0.15) is 0 Å². The van der Waals surface area contributed by atoms with E-state index in [2.05, 4.69) is 5.32 Å². The molecule has 3 N–H and O–H groups in total. The molecule has 0 aliphatic carbocycles. The van der Waals surface area contributed by atoms with Gasteiger partial charge in [0.2, 0.25) is 15.9 Å². The highest BCUT2D eigenvalue weighted by atomic mass is 35.5. The van der Waals surface area contributed by atoms with Gasteiger partial charge in [0.1, 0.15) is 0 Å². The van der Waals surface area contributed by atoms with Crippen LogP contribution in [0.1, 0.15) is 34.3 Å². The average molecular weight is 422 g/mol. The molecule has 7 nitrogen and oxygen atoms in total. The van der Waals surface area contributed by atoms with Crippen LogP contribution in [-0.4, -0.2) is 26.8 Å². The Labute approximate surface area is 168 Å². The van der Waals surface area contributed by atoms with Crippen LogP contribution in [0.25, 0.3) is 0 Å². The number of anilines is 2. The number of carbonyl (C=O) groups excluding carboxylic acids is 2. The van der Waals surface area contributed by atoms with Crippen LogP contribution in [0.4, 0.5) is 11.4 Å². The summed E-state index contributed by atoms with van der Waals surface area (Å²) in [6.45, 7) is 4.06. The van der Waals surface area contributed by atoms with E-state index in [1.807, 2.05) is 0 Å². The molecule has 1 aliphatic heterocycles. The van der Waals surface area contributed by atoms with Gasteiger partial charge in [-0.05, 0) is 61.7 Å². The monoisotopic (exact) mass is 421 g/mol. The highest BCUT2D eigenvalue weighted by Gasteiger charge is 2.24. The maximum absolute atomic E-state index is 12.8. The minimum Gasteiger partial charge on any atom is -0.322 e. The molecule has 1 aliphatic rings. The summed E-state index contributed by atoms with van der Waals surface area (Å²) in [5, 5.41) is 8.32. The third-order valence-corrected chi connectivity index (χ3v) is 6.00. The topological polar surface area (TPSA) is 110 Å². The van der Waals surface area contributed by atoms with Crippen molar-refractivity contribution in [3.05, 3.63) is 52.0 Å². The lowest BCUT2D eigenvalue weighted by atomic mass is 10.1. The molecule has 3 rings (SSSR count). The van der Waals surface area contributed by atoms with Crippen molar-refractivity contribution in [1.29, 1.82) is 0 Å². The van der Waals surface area contributed by atoms with Crippen molar-refractivity contribution in [2.45, 2.75) is 31.6 Å². The Balaban J connectivity index is 1.94. The first-order chi connectivity index (χ1) is 13.1. The number of nitrogens with zero attached hydrogens (tertiary/aromatic N) is 1. The van der Waals surface area contributed by atoms with E-state index in [1.165, 1.54) is 12.1 Å². The Hall–Kier alpha value is -2.42. The lowest BCUT2D eigenvalue weighted by Gasteiger charge is -2.18. The molecule has 9 heteroatoms. The smallest absolute Gasteiger partial charge is 0.255 e. The summed E-state index contributed by atoms with van der Waals surface area (Å²) in [5.41, 5.74) is 2.55. The van der Waals surface area contributed by atoms with Gasteiger partial charge in [-0.25, -0.2) is 13.6 Å². The number of nitrogens with two attached hydrogens (primary N) is 1. The number of halogens is 1. The van der Waals surface area contributed by atoms with Crippen molar-refractivity contribution < 1.29 is 18.0 Å². The number of primary sulfonamides is 1. The van der Waals surface area contributed by atoms with Crippen molar-refractivity contribution in [2.24, 2.45) is 5.14 Å². The summed E-state index contributed by atoms with van der Waals surface area (Å²) in [4.78, 5) is 26.3. The van der Waals surface area contributed by atoms with Gasteiger partial charge in [-0.1, -0.05) is 11.6 Å². The first kappa shape index (κ1) is 20.3. The summed E-state index contributed by atoms with van der Waals surface area (Å²) in [7, 11) is -3.91. The predicted octanol–water partition coefficient (Wildman–Crippen LogP) is 2.98. The van der Waals surface area contributed by atoms with Crippen LogP contribution >= 0.6 is 11.6 Å². The summed E-state index contributed by atoms with van der Waals surface area (Å²) in [6, 6.07) is 7.46. The van der Waals surface area contributed by atoms with E-state index in [9.17, 15) is 18.0 Å². The van der Waals surface area contributed by atoms with E-state index in [-0.39, 0.29) is 10.8 Å². The molecular weight excluding hydrogens is 402 g/mol. The molecule has 2 amide bonds. The zero-order chi connectivity index (χ0) is 20.6. The summed E-state index contributed by atoms with van der Waals surface area (Å²) in [6.07, 6.45) is 1.19. The van der Waals surface area contributed by atoms with Gasteiger partial charge in [0.25, 0.3) is 5.91 Å². The third-order valence-electron chi connectivity index (χ3n) is 4.79. The molecule has 2 aromatic rings. The number of aryl methyl sites for hydroxylation is 1. The molecule has 0 unspecified atom stereocenters. The zero-order valence-corrected chi connectivity index (χ0v) is 17.0. The SMILES string of the molecule is Cc1cc(S(N)(=O)=O)cc(NC(=O)c2ccc(Cl)c(N3CCCC3=O)c2)c1C. The van der Waals surface area contributed by atoms with Gasteiger partial charge in [-0.3, -0.25) is 9.59 Å². The van der Waals surface area contributed by atoms with Gasteiger partial charge in [0.05, 0.1) is 15.6 Å². The van der Waals surface area contributed by atoms with Crippen LogP contribution in [0.15, 0.2) is 35.2 Å². The number of hydrogen-bond donors (Lipinski definition) is 2. The van der Waals surface area contributed by atoms with Gasteiger partial charge < -0.3 is 10.2 Å². The van der Waals surface area contributed by atoms with E-state index >= 15 is 0 Å². The Morgan fingerprint density at radius 2 is 1.93 bits per heavy atom. The van der Waals surface area contributed by atoms with Crippen LogP contribution in [-0.2, 0) is 14.8 Å². The minimum absolute atomic E-state index is 0.0354. The molecule has 0 aromatic heterocycles. The second kappa shape index (κ2) is 7.54. The molecule has 0 bridgehead atoms. The molecule has 1 saturated heterocycles. The Kier molecular flexibility index (Phi) is 5.47. The van der Waals surface area contributed by atoms with Gasteiger partial charge in [-0.15, -0.1) is 0 Å². The van der Waals surface area contributed by atoms with E-state index in [0.717, 1.165) is 12.0 Å². The molecule has 2 aromatic carbocycles. The first-order valence-corrected chi connectivity index (χ1v) is 10.6. The van der Waals surface area contributed by atoms with Crippen molar-refractivity contribution in [2.75, 3.05) is 16.8 Å².